The topological polar surface area (TPSA) is 40.0 Å². The first-order chi connectivity index (χ1) is 14.0. The van der Waals surface area contributed by atoms with Gasteiger partial charge in [0, 0.05) is 39.0 Å². The molecule has 0 heterocycles. The summed E-state index contributed by atoms with van der Waals surface area (Å²) in [6.07, 6.45) is 15.9. The van der Waals surface area contributed by atoms with Crippen LogP contribution in [-0.2, 0) is 14.2 Å². The standard InChI is InChI=1S/C25H51NO3/c1-7-27-25(28-8-2,29-9-3)20-18-16-14-12-10-11-13-15-17-19-21-26-22-24(6)23(4)5/h22-24H,7-21H2,1-6H3. The number of hydrogen-bond donors (Lipinski definition) is 0. The molecule has 0 bridgehead atoms. The molecule has 0 spiro atoms. The minimum atomic E-state index is -0.824. The lowest BCUT2D eigenvalue weighted by molar-refractivity contribution is -0.380. The Labute approximate surface area is 182 Å². The van der Waals surface area contributed by atoms with Gasteiger partial charge < -0.3 is 14.2 Å². The first kappa shape index (κ1) is 28.5. The van der Waals surface area contributed by atoms with Crippen LogP contribution in [0.15, 0.2) is 4.99 Å². The molecular formula is C25H51NO3. The van der Waals surface area contributed by atoms with E-state index < -0.39 is 5.97 Å². The first-order valence-corrected chi connectivity index (χ1v) is 12.4. The summed E-state index contributed by atoms with van der Waals surface area (Å²) in [4.78, 5) is 4.57. The van der Waals surface area contributed by atoms with Crippen LogP contribution in [0.3, 0.4) is 0 Å². The highest BCUT2D eigenvalue weighted by Crippen LogP contribution is 2.24. The summed E-state index contributed by atoms with van der Waals surface area (Å²) in [6, 6.07) is 0. The van der Waals surface area contributed by atoms with E-state index >= 15 is 0 Å². The van der Waals surface area contributed by atoms with Crippen LogP contribution in [0.4, 0.5) is 0 Å². The quantitative estimate of drug-likeness (QED) is 0.112. The van der Waals surface area contributed by atoms with E-state index in [1.807, 2.05) is 20.8 Å². The highest BCUT2D eigenvalue weighted by molar-refractivity contribution is 5.60. The van der Waals surface area contributed by atoms with Crippen molar-refractivity contribution in [3.8, 4) is 0 Å². The third-order valence-corrected chi connectivity index (χ3v) is 5.51. The van der Waals surface area contributed by atoms with Gasteiger partial charge in [-0.05, 0) is 45.4 Å². The molecule has 4 nitrogen and oxygen atoms in total. The number of rotatable bonds is 21. The van der Waals surface area contributed by atoms with Gasteiger partial charge in [0.15, 0.2) is 0 Å². The van der Waals surface area contributed by atoms with Gasteiger partial charge in [0.1, 0.15) is 0 Å². The maximum absolute atomic E-state index is 5.79. The van der Waals surface area contributed by atoms with Crippen LogP contribution in [0.1, 0.15) is 112 Å². The highest BCUT2D eigenvalue weighted by atomic mass is 16.9. The van der Waals surface area contributed by atoms with Crippen molar-refractivity contribution in [2.75, 3.05) is 26.4 Å². The lowest BCUT2D eigenvalue weighted by Gasteiger charge is -2.32. The van der Waals surface area contributed by atoms with E-state index in [0.717, 1.165) is 19.4 Å². The number of aliphatic imine (C=N–C) groups is 1. The van der Waals surface area contributed by atoms with Crippen LogP contribution in [-0.4, -0.2) is 38.6 Å². The molecule has 0 N–H and O–H groups in total. The summed E-state index contributed by atoms with van der Waals surface area (Å²) in [5.74, 6) is 0.471. The molecular weight excluding hydrogens is 362 g/mol. The van der Waals surface area contributed by atoms with E-state index in [1.165, 1.54) is 57.8 Å². The Morgan fingerprint density at radius 2 is 1.07 bits per heavy atom. The SMILES string of the molecule is CCOC(CCCCCCCCCCCCN=CC(C)C(C)C)(OCC)OCC. The highest BCUT2D eigenvalue weighted by Gasteiger charge is 2.31. The molecule has 1 atom stereocenters. The molecule has 0 amide bonds. The average Bonchev–Trinajstić information content (AvgIpc) is 2.68. The number of nitrogens with zero attached hydrogens (tertiary/aromatic N) is 1. The molecule has 4 heteroatoms. The normalized spacial score (nSPS) is 13.6. The van der Waals surface area contributed by atoms with Crippen molar-refractivity contribution in [2.24, 2.45) is 16.8 Å². The fourth-order valence-electron chi connectivity index (χ4n) is 3.37. The zero-order valence-corrected chi connectivity index (χ0v) is 20.5. The van der Waals surface area contributed by atoms with Crippen molar-refractivity contribution in [3.63, 3.8) is 0 Å². The van der Waals surface area contributed by atoms with Crippen LogP contribution >= 0.6 is 0 Å². The Balaban J connectivity index is 3.58. The van der Waals surface area contributed by atoms with Gasteiger partial charge >= 0.3 is 0 Å². The fourth-order valence-corrected chi connectivity index (χ4v) is 3.37. The molecule has 174 valence electrons. The predicted molar refractivity (Wildman–Crippen MR) is 126 cm³/mol. The summed E-state index contributed by atoms with van der Waals surface area (Å²) < 4.78 is 17.4. The molecule has 0 saturated heterocycles. The zero-order chi connectivity index (χ0) is 21.8. The molecule has 0 aromatic heterocycles. The summed E-state index contributed by atoms with van der Waals surface area (Å²) in [7, 11) is 0. The van der Waals surface area contributed by atoms with Gasteiger partial charge in [-0.1, -0.05) is 72.1 Å². The van der Waals surface area contributed by atoms with Gasteiger partial charge in [-0.25, -0.2) is 0 Å². The zero-order valence-electron chi connectivity index (χ0n) is 20.5. The van der Waals surface area contributed by atoms with E-state index in [0.29, 0.717) is 31.7 Å². The second-order valence-corrected chi connectivity index (χ2v) is 8.43. The van der Waals surface area contributed by atoms with Gasteiger partial charge in [-0.15, -0.1) is 0 Å². The largest absolute Gasteiger partial charge is 0.328 e. The fraction of sp³-hybridized carbons (Fsp3) is 0.960. The van der Waals surface area contributed by atoms with Gasteiger partial charge in [-0.3, -0.25) is 4.99 Å². The van der Waals surface area contributed by atoms with Gasteiger partial charge in [0.2, 0.25) is 0 Å². The smallest absolute Gasteiger partial charge is 0.282 e. The maximum atomic E-state index is 5.79. The molecule has 0 aliphatic heterocycles. The summed E-state index contributed by atoms with van der Waals surface area (Å²) in [5, 5.41) is 0. The average molecular weight is 414 g/mol. The molecule has 0 radical (unpaired) electrons. The molecule has 0 aromatic rings. The van der Waals surface area contributed by atoms with Crippen molar-refractivity contribution < 1.29 is 14.2 Å². The van der Waals surface area contributed by atoms with Crippen LogP contribution in [0.25, 0.3) is 0 Å². The number of ether oxygens (including phenoxy) is 3. The molecule has 0 saturated carbocycles. The molecule has 0 rings (SSSR count). The number of unbranched alkanes of at least 4 members (excludes halogenated alkanes) is 9. The Morgan fingerprint density at radius 3 is 1.48 bits per heavy atom. The first-order valence-electron chi connectivity index (χ1n) is 12.4. The summed E-state index contributed by atoms with van der Waals surface area (Å²) >= 11 is 0. The Kier molecular flexibility index (Phi) is 19.2. The van der Waals surface area contributed by atoms with Gasteiger partial charge in [0.25, 0.3) is 5.97 Å². The lowest BCUT2D eigenvalue weighted by atomic mass is 10.00. The van der Waals surface area contributed by atoms with Crippen LogP contribution in [0.2, 0.25) is 0 Å². The van der Waals surface area contributed by atoms with E-state index in [9.17, 15) is 0 Å². The second-order valence-electron chi connectivity index (χ2n) is 8.43. The minimum Gasteiger partial charge on any atom is -0.328 e. The van der Waals surface area contributed by atoms with E-state index in [1.54, 1.807) is 0 Å². The second kappa shape index (κ2) is 19.5. The molecule has 0 aliphatic carbocycles. The monoisotopic (exact) mass is 413 g/mol. The molecule has 0 aliphatic rings. The van der Waals surface area contributed by atoms with Crippen molar-refractivity contribution in [1.82, 2.24) is 0 Å². The van der Waals surface area contributed by atoms with Crippen LogP contribution in [0, 0.1) is 11.8 Å². The third kappa shape index (κ3) is 16.0. The van der Waals surface area contributed by atoms with Crippen molar-refractivity contribution >= 4 is 6.21 Å². The minimum absolute atomic E-state index is 0.601. The Morgan fingerprint density at radius 1 is 0.655 bits per heavy atom. The van der Waals surface area contributed by atoms with Crippen LogP contribution in [0.5, 0.6) is 0 Å². The van der Waals surface area contributed by atoms with E-state index in [2.05, 4.69) is 32.0 Å². The van der Waals surface area contributed by atoms with Gasteiger partial charge in [0.05, 0.1) is 0 Å². The molecule has 1 unspecified atom stereocenters. The van der Waals surface area contributed by atoms with Crippen molar-refractivity contribution in [2.45, 2.75) is 118 Å². The predicted octanol–water partition coefficient (Wildman–Crippen LogP) is 7.40. The van der Waals surface area contributed by atoms with Crippen molar-refractivity contribution in [1.29, 1.82) is 0 Å². The molecule has 0 fully saturated rings. The maximum Gasteiger partial charge on any atom is 0.282 e. The molecule has 29 heavy (non-hydrogen) atoms. The number of hydrogen-bond acceptors (Lipinski definition) is 4. The lowest BCUT2D eigenvalue weighted by Crippen LogP contribution is -2.39. The summed E-state index contributed by atoms with van der Waals surface area (Å²) in [5.41, 5.74) is 0. The van der Waals surface area contributed by atoms with Gasteiger partial charge in [-0.2, -0.15) is 0 Å². The molecule has 0 aromatic carbocycles. The van der Waals surface area contributed by atoms with Crippen LogP contribution < -0.4 is 0 Å². The van der Waals surface area contributed by atoms with E-state index in [4.69, 9.17) is 14.2 Å². The third-order valence-electron chi connectivity index (χ3n) is 5.51. The van der Waals surface area contributed by atoms with Crippen molar-refractivity contribution in [3.05, 3.63) is 0 Å². The summed E-state index contributed by atoms with van der Waals surface area (Å²) in [6.45, 7) is 15.6. The van der Waals surface area contributed by atoms with E-state index in [-0.39, 0.29) is 0 Å². The Hall–Kier alpha value is -0.450. The Bertz CT molecular complexity index is 354.